The highest BCUT2D eigenvalue weighted by Crippen LogP contribution is 2.15. The third-order valence-electron chi connectivity index (χ3n) is 3.11. The van der Waals surface area contributed by atoms with E-state index in [0.717, 1.165) is 36.1 Å². The number of hydrogen-bond donors (Lipinski definition) is 1. The van der Waals surface area contributed by atoms with Crippen LogP contribution in [-0.2, 0) is 4.79 Å². The van der Waals surface area contributed by atoms with Crippen molar-refractivity contribution in [2.45, 2.75) is 26.2 Å². The molecule has 102 valence electrons. The maximum Gasteiger partial charge on any atom is 0.196 e. The summed E-state index contributed by atoms with van der Waals surface area (Å²) in [5.41, 5.74) is 3.83. The Labute approximate surface area is 122 Å². The molecule has 1 aliphatic heterocycles. The molecule has 1 heterocycles. The summed E-state index contributed by atoms with van der Waals surface area (Å²) in [6.07, 6.45) is 3.50. The summed E-state index contributed by atoms with van der Waals surface area (Å²) in [4.78, 5) is 13.8. The number of carbonyl (C=O) groups excluding carboxylic acids is 1. The summed E-state index contributed by atoms with van der Waals surface area (Å²) in [6, 6.07) is 7.71. The smallest absolute Gasteiger partial charge is 0.196 e. The average Bonchev–Trinajstić information content (AvgIpc) is 2.42. The zero-order valence-corrected chi connectivity index (χ0v) is 12.6. The van der Waals surface area contributed by atoms with Gasteiger partial charge in [-0.15, -0.1) is 0 Å². The van der Waals surface area contributed by atoms with Crippen LogP contribution in [0.2, 0.25) is 0 Å². The normalized spacial score (nSPS) is 16.3. The van der Waals surface area contributed by atoms with Crippen molar-refractivity contribution in [3.63, 3.8) is 0 Å². The third-order valence-corrected chi connectivity index (χ3v) is 3.63. The van der Waals surface area contributed by atoms with Crippen LogP contribution in [0.1, 0.15) is 26.2 Å². The van der Waals surface area contributed by atoms with Crippen molar-refractivity contribution in [2.75, 3.05) is 18.5 Å². The largest absolute Gasteiger partial charge is 0.352 e. The van der Waals surface area contributed by atoms with Crippen molar-refractivity contribution in [1.82, 2.24) is 4.90 Å². The number of anilines is 1. The number of halogens is 1. The molecule has 0 aliphatic carbocycles. The van der Waals surface area contributed by atoms with Gasteiger partial charge in [-0.05, 0) is 43.5 Å². The van der Waals surface area contributed by atoms with Crippen molar-refractivity contribution in [2.24, 2.45) is 5.10 Å². The SMILES string of the molecule is CC(=O)C(=NNc1ccc(Br)cc1)N1CCCCC1. The van der Waals surface area contributed by atoms with Gasteiger partial charge in [-0.25, -0.2) is 0 Å². The fourth-order valence-corrected chi connectivity index (χ4v) is 2.38. The van der Waals surface area contributed by atoms with E-state index in [1.165, 1.54) is 6.42 Å². The standard InChI is InChI=1S/C14H18BrN3O/c1-11(19)14(18-9-3-2-4-10-18)17-16-13-7-5-12(15)6-8-13/h5-8,16H,2-4,9-10H2,1H3. The van der Waals surface area contributed by atoms with Gasteiger partial charge in [0, 0.05) is 24.5 Å². The number of nitrogens with zero attached hydrogens (tertiary/aromatic N) is 2. The second-order valence-electron chi connectivity index (χ2n) is 4.66. The molecule has 4 nitrogen and oxygen atoms in total. The maximum atomic E-state index is 11.7. The fraction of sp³-hybridized carbons (Fsp3) is 0.429. The number of hydrazone groups is 1. The predicted octanol–water partition coefficient (Wildman–Crippen LogP) is 3.25. The van der Waals surface area contributed by atoms with Crippen LogP contribution in [0.5, 0.6) is 0 Å². The molecule has 1 saturated heterocycles. The van der Waals surface area contributed by atoms with Crippen LogP contribution in [0, 0.1) is 0 Å². The van der Waals surface area contributed by atoms with Crippen molar-refractivity contribution in [3.05, 3.63) is 28.7 Å². The van der Waals surface area contributed by atoms with Crippen LogP contribution in [-0.4, -0.2) is 29.6 Å². The Balaban J connectivity index is 2.07. The van der Waals surface area contributed by atoms with Crippen molar-refractivity contribution in [1.29, 1.82) is 0 Å². The number of hydrogen-bond acceptors (Lipinski definition) is 3. The molecule has 0 spiro atoms. The number of rotatable bonds is 3. The summed E-state index contributed by atoms with van der Waals surface area (Å²) in [7, 11) is 0. The molecular formula is C14H18BrN3O. The van der Waals surface area contributed by atoms with E-state index in [9.17, 15) is 4.79 Å². The number of amidine groups is 1. The van der Waals surface area contributed by atoms with E-state index in [1.807, 2.05) is 24.3 Å². The third kappa shape index (κ3) is 4.06. The number of piperidine rings is 1. The van der Waals surface area contributed by atoms with Gasteiger partial charge in [0.05, 0.1) is 5.69 Å². The molecule has 0 unspecified atom stereocenters. The van der Waals surface area contributed by atoms with Crippen LogP contribution in [0.3, 0.4) is 0 Å². The number of Topliss-reactive ketones (excluding diaryl/α,β-unsaturated/α-hetero) is 1. The first-order chi connectivity index (χ1) is 9.16. The van der Waals surface area contributed by atoms with E-state index in [2.05, 4.69) is 31.4 Å². The highest BCUT2D eigenvalue weighted by Gasteiger charge is 2.18. The van der Waals surface area contributed by atoms with Crippen LogP contribution >= 0.6 is 15.9 Å². The van der Waals surface area contributed by atoms with Crippen molar-refractivity contribution in [3.8, 4) is 0 Å². The number of benzene rings is 1. The van der Waals surface area contributed by atoms with E-state index in [1.54, 1.807) is 6.92 Å². The molecule has 2 rings (SSSR count). The first-order valence-electron chi connectivity index (χ1n) is 6.52. The molecule has 19 heavy (non-hydrogen) atoms. The molecule has 0 atom stereocenters. The number of ketones is 1. The summed E-state index contributed by atoms with van der Waals surface area (Å²) in [5, 5.41) is 4.27. The van der Waals surface area contributed by atoms with Crippen LogP contribution in [0.4, 0.5) is 5.69 Å². The van der Waals surface area contributed by atoms with Gasteiger partial charge in [0.1, 0.15) is 0 Å². The van der Waals surface area contributed by atoms with E-state index < -0.39 is 0 Å². The minimum Gasteiger partial charge on any atom is -0.352 e. The van der Waals surface area contributed by atoms with E-state index in [4.69, 9.17) is 0 Å². The van der Waals surface area contributed by atoms with Gasteiger partial charge in [-0.2, -0.15) is 5.10 Å². The molecule has 0 bridgehead atoms. The Hall–Kier alpha value is -1.36. The lowest BCUT2D eigenvalue weighted by molar-refractivity contribution is -0.111. The highest BCUT2D eigenvalue weighted by atomic mass is 79.9. The van der Waals surface area contributed by atoms with E-state index in [-0.39, 0.29) is 5.78 Å². The van der Waals surface area contributed by atoms with Gasteiger partial charge in [0.25, 0.3) is 0 Å². The van der Waals surface area contributed by atoms with Crippen LogP contribution in [0.25, 0.3) is 0 Å². The minimum absolute atomic E-state index is 0.00603. The summed E-state index contributed by atoms with van der Waals surface area (Å²) in [6.45, 7) is 3.40. The zero-order valence-electron chi connectivity index (χ0n) is 11.0. The quantitative estimate of drug-likeness (QED) is 0.527. The highest BCUT2D eigenvalue weighted by molar-refractivity contribution is 9.10. The average molecular weight is 324 g/mol. The monoisotopic (exact) mass is 323 g/mol. The van der Waals surface area contributed by atoms with Crippen LogP contribution in [0.15, 0.2) is 33.8 Å². The molecule has 5 heteroatoms. The van der Waals surface area contributed by atoms with Crippen molar-refractivity contribution < 1.29 is 4.79 Å². The van der Waals surface area contributed by atoms with Crippen LogP contribution < -0.4 is 5.43 Å². The lowest BCUT2D eigenvalue weighted by Gasteiger charge is -2.28. The van der Waals surface area contributed by atoms with Gasteiger partial charge in [-0.3, -0.25) is 10.2 Å². The number of likely N-dealkylation sites (tertiary alicyclic amines) is 1. The Bertz CT molecular complexity index is 464. The molecule has 0 saturated carbocycles. The molecule has 1 aromatic carbocycles. The fourth-order valence-electron chi connectivity index (χ4n) is 2.12. The van der Waals surface area contributed by atoms with Gasteiger partial charge in [0.2, 0.25) is 0 Å². The molecule has 0 radical (unpaired) electrons. The Morgan fingerprint density at radius 2 is 1.84 bits per heavy atom. The molecule has 0 aromatic heterocycles. The zero-order chi connectivity index (χ0) is 13.7. The predicted molar refractivity (Wildman–Crippen MR) is 81.3 cm³/mol. The molecule has 1 N–H and O–H groups in total. The lowest BCUT2D eigenvalue weighted by Crippen LogP contribution is -2.39. The number of carbonyl (C=O) groups is 1. The first kappa shape index (κ1) is 14.1. The Kier molecular flexibility index (Phi) is 4.96. The molecular weight excluding hydrogens is 306 g/mol. The van der Waals surface area contributed by atoms with Gasteiger partial charge in [-0.1, -0.05) is 15.9 Å². The Morgan fingerprint density at radius 3 is 2.42 bits per heavy atom. The van der Waals surface area contributed by atoms with Gasteiger partial charge < -0.3 is 4.90 Å². The molecule has 1 fully saturated rings. The molecule has 1 aromatic rings. The second kappa shape index (κ2) is 6.70. The number of nitrogens with one attached hydrogen (secondary N) is 1. The van der Waals surface area contributed by atoms with Crippen molar-refractivity contribution >= 4 is 33.2 Å². The summed E-state index contributed by atoms with van der Waals surface area (Å²) < 4.78 is 1.02. The first-order valence-corrected chi connectivity index (χ1v) is 7.31. The molecule has 0 amide bonds. The maximum absolute atomic E-state index is 11.7. The molecule has 1 aliphatic rings. The van der Waals surface area contributed by atoms with E-state index in [0.29, 0.717) is 5.84 Å². The van der Waals surface area contributed by atoms with Gasteiger partial charge >= 0.3 is 0 Å². The summed E-state index contributed by atoms with van der Waals surface area (Å²) >= 11 is 3.39. The lowest BCUT2D eigenvalue weighted by atomic mass is 10.1. The second-order valence-corrected chi connectivity index (χ2v) is 5.57. The Morgan fingerprint density at radius 1 is 1.21 bits per heavy atom. The van der Waals surface area contributed by atoms with Gasteiger partial charge in [0.15, 0.2) is 11.6 Å². The topological polar surface area (TPSA) is 44.7 Å². The van der Waals surface area contributed by atoms with E-state index >= 15 is 0 Å². The minimum atomic E-state index is 0.00603. The summed E-state index contributed by atoms with van der Waals surface area (Å²) in [5.74, 6) is 0.536.